The highest BCUT2D eigenvalue weighted by Gasteiger charge is 2.24. The van der Waals surface area contributed by atoms with Crippen LogP contribution in [0.2, 0.25) is 0 Å². The van der Waals surface area contributed by atoms with Crippen molar-refractivity contribution in [2.75, 3.05) is 5.75 Å². The lowest BCUT2D eigenvalue weighted by molar-refractivity contribution is -0.116. The Balaban J connectivity index is 2.04. The first-order chi connectivity index (χ1) is 11.1. The number of nitrogens with zero attached hydrogens (tertiary/aromatic N) is 4. The number of aryl methyl sites for hydroxylation is 1. The van der Waals surface area contributed by atoms with Gasteiger partial charge in [-0.05, 0) is 13.3 Å². The Labute approximate surface area is 141 Å². The van der Waals surface area contributed by atoms with Gasteiger partial charge in [0, 0.05) is 17.6 Å². The molecule has 0 amide bonds. The molecule has 0 saturated carbocycles. The van der Waals surface area contributed by atoms with Gasteiger partial charge in [0.2, 0.25) is 0 Å². The largest absolute Gasteiger partial charge is 0.343 e. The molecule has 0 bridgehead atoms. The van der Waals surface area contributed by atoms with Crippen LogP contribution in [0, 0.1) is 18.3 Å². The molecule has 0 radical (unpaired) electrons. The van der Waals surface area contributed by atoms with Crippen molar-refractivity contribution in [3.05, 3.63) is 26.6 Å². The number of hydrogen-bond donors (Lipinski definition) is 1. The number of carbonyl (C=O) groups is 1. The SMILES string of the molecule is CCCCn1c(SCC(=O)C(C#N)c2nc(C)cs2)n[nH]c1=O. The standard InChI is InChI=1S/C14H17N5O2S2/c1-3-4-5-19-13(21)17-18-14(19)23-8-11(20)10(6-15)12-16-9(2)7-22-12/h7,10H,3-5,8H2,1-2H3,(H,17,21). The first-order valence-electron chi connectivity index (χ1n) is 7.19. The summed E-state index contributed by atoms with van der Waals surface area (Å²) >= 11 is 2.48. The lowest BCUT2D eigenvalue weighted by Crippen LogP contribution is -2.18. The minimum Gasteiger partial charge on any atom is -0.297 e. The summed E-state index contributed by atoms with van der Waals surface area (Å²) in [6, 6.07) is 2.01. The van der Waals surface area contributed by atoms with Gasteiger partial charge in [-0.25, -0.2) is 14.9 Å². The molecule has 1 atom stereocenters. The number of ketones is 1. The van der Waals surface area contributed by atoms with Crippen molar-refractivity contribution in [1.82, 2.24) is 19.7 Å². The lowest BCUT2D eigenvalue weighted by atomic mass is 10.1. The number of carbonyl (C=O) groups excluding carboxylic acids is 1. The van der Waals surface area contributed by atoms with Crippen LogP contribution in [0.5, 0.6) is 0 Å². The Kier molecular flexibility index (Phi) is 6.12. The Hall–Kier alpha value is -1.92. The summed E-state index contributed by atoms with van der Waals surface area (Å²) in [4.78, 5) is 28.2. The molecule has 0 aromatic carbocycles. The third-order valence-corrected chi connectivity index (χ3v) is 5.16. The summed E-state index contributed by atoms with van der Waals surface area (Å²) in [6.45, 7) is 4.43. The Morgan fingerprint density at radius 1 is 1.61 bits per heavy atom. The number of thioether (sulfide) groups is 1. The van der Waals surface area contributed by atoms with E-state index in [4.69, 9.17) is 0 Å². The second-order valence-electron chi connectivity index (χ2n) is 4.96. The molecule has 0 spiro atoms. The summed E-state index contributed by atoms with van der Waals surface area (Å²) < 4.78 is 1.52. The van der Waals surface area contributed by atoms with E-state index in [0.29, 0.717) is 16.7 Å². The van der Waals surface area contributed by atoms with Crippen molar-refractivity contribution in [2.45, 2.75) is 44.3 Å². The molecule has 2 aromatic rings. The first-order valence-corrected chi connectivity index (χ1v) is 9.05. The highest BCUT2D eigenvalue weighted by atomic mass is 32.2. The first kappa shape index (κ1) is 17.4. The normalized spacial score (nSPS) is 12.0. The van der Waals surface area contributed by atoms with E-state index in [1.807, 2.05) is 25.3 Å². The number of Topliss-reactive ketones (excluding diaryl/α,β-unsaturated/α-hetero) is 1. The number of thiazole rings is 1. The van der Waals surface area contributed by atoms with Gasteiger partial charge in [-0.2, -0.15) is 5.26 Å². The zero-order chi connectivity index (χ0) is 16.8. The molecular weight excluding hydrogens is 334 g/mol. The van der Waals surface area contributed by atoms with Crippen LogP contribution in [-0.2, 0) is 11.3 Å². The van der Waals surface area contributed by atoms with E-state index in [9.17, 15) is 14.9 Å². The topological polar surface area (TPSA) is 104 Å². The predicted molar refractivity (Wildman–Crippen MR) is 88.7 cm³/mol. The number of hydrogen-bond acceptors (Lipinski definition) is 7. The maximum atomic E-state index is 12.3. The minimum absolute atomic E-state index is 0.0767. The molecule has 2 aromatic heterocycles. The molecule has 1 N–H and O–H groups in total. The maximum absolute atomic E-state index is 12.3. The van der Waals surface area contributed by atoms with E-state index in [1.165, 1.54) is 27.7 Å². The van der Waals surface area contributed by atoms with Crippen molar-refractivity contribution in [3.8, 4) is 6.07 Å². The van der Waals surface area contributed by atoms with E-state index in [1.54, 1.807) is 0 Å². The van der Waals surface area contributed by atoms with Crippen molar-refractivity contribution in [3.63, 3.8) is 0 Å². The fourth-order valence-electron chi connectivity index (χ4n) is 1.92. The minimum atomic E-state index is -0.865. The molecule has 0 fully saturated rings. The third kappa shape index (κ3) is 4.30. The fraction of sp³-hybridized carbons (Fsp3) is 0.500. The van der Waals surface area contributed by atoms with Crippen LogP contribution >= 0.6 is 23.1 Å². The molecule has 0 aliphatic carbocycles. The van der Waals surface area contributed by atoms with E-state index >= 15 is 0 Å². The zero-order valence-corrected chi connectivity index (χ0v) is 14.5. The number of H-pyrrole nitrogens is 1. The van der Waals surface area contributed by atoms with Crippen LogP contribution in [0.4, 0.5) is 0 Å². The van der Waals surface area contributed by atoms with Gasteiger partial charge in [-0.1, -0.05) is 25.1 Å². The van der Waals surface area contributed by atoms with Gasteiger partial charge in [-0.3, -0.25) is 9.36 Å². The fourth-order valence-corrected chi connectivity index (χ4v) is 3.65. The van der Waals surface area contributed by atoms with Crippen LogP contribution in [0.25, 0.3) is 0 Å². The highest BCUT2D eigenvalue weighted by molar-refractivity contribution is 7.99. The Morgan fingerprint density at radius 2 is 2.39 bits per heavy atom. The summed E-state index contributed by atoms with van der Waals surface area (Å²) in [5.74, 6) is -1.02. The number of unbranched alkanes of at least 4 members (excludes halogenated alkanes) is 1. The second-order valence-corrected chi connectivity index (χ2v) is 6.79. The van der Waals surface area contributed by atoms with Gasteiger partial charge in [0.1, 0.15) is 5.01 Å². The van der Waals surface area contributed by atoms with E-state index < -0.39 is 5.92 Å². The van der Waals surface area contributed by atoms with Crippen molar-refractivity contribution in [1.29, 1.82) is 5.26 Å². The van der Waals surface area contributed by atoms with Gasteiger partial charge < -0.3 is 0 Å². The lowest BCUT2D eigenvalue weighted by Gasteiger charge is -2.06. The van der Waals surface area contributed by atoms with Crippen LogP contribution in [0.3, 0.4) is 0 Å². The van der Waals surface area contributed by atoms with Crippen LogP contribution in [-0.4, -0.2) is 31.3 Å². The van der Waals surface area contributed by atoms with Gasteiger partial charge in [0.05, 0.1) is 11.8 Å². The monoisotopic (exact) mass is 351 g/mol. The maximum Gasteiger partial charge on any atom is 0.343 e. The van der Waals surface area contributed by atoms with Crippen molar-refractivity contribution >= 4 is 28.9 Å². The zero-order valence-electron chi connectivity index (χ0n) is 12.9. The van der Waals surface area contributed by atoms with Crippen LogP contribution in [0.15, 0.2) is 15.3 Å². The van der Waals surface area contributed by atoms with Gasteiger partial charge in [-0.15, -0.1) is 16.4 Å². The number of nitrogens with one attached hydrogen (secondary N) is 1. The number of aromatic amines is 1. The van der Waals surface area contributed by atoms with E-state index in [2.05, 4.69) is 15.2 Å². The second kappa shape index (κ2) is 8.08. The quantitative estimate of drug-likeness (QED) is 0.730. The van der Waals surface area contributed by atoms with Crippen LogP contribution < -0.4 is 5.69 Å². The van der Waals surface area contributed by atoms with Crippen molar-refractivity contribution < 1.29 is 4.79 Å². The van der Waals surface area contributed by atoms with Crippen LogP contribution in [0.1, 0.15) is 36.4 Å². The summed E-state index contributed by atoms with van der Waals surface area (Å²) in [5, 5.41) is 18.4. The van der Waals surface area contributed by atoms with Gasteiger partial charge in [0.25, 0.3) is 0 Å². The van der Waals surface area contributed by atoms with Gasteiger partial charge in [0.15, 0.2) is 16.9 Å². The molecule has 0 saturated heterocycles. The molecule has 1 unspecified atom stereocenters. The summed E-state index contributed by atoms with van der Waals surface area (Å²) in [5.41, 5.74) is 0.521. The predicted octanol–water partition coefficient (Wildman–Crippen LogP) is 2.10. The molecule has 7 nitrogen and oxygen atoms in total. The summed E-state index contributed by atoms with van der Waals surface area (Å²) in [7, 11) is 0. The number of rotatable bonds is 8. The Morgan fingerprint density at radius 3 is 3.00 bits per heavy atom. The van der Waals surface area contributed by atoms with Crippen molar-refractivity contribution in [2.24, 2.45) is 0 Å². The molecule has 9 heteroatoms. The molecule has 0 aliphatic rings. The molecule has 23 heavy (non-hydrogen) atoms. The molecule has 122 valence electrons. The van der Waals surface area contributed by atoms with Gasteiger partial charge >= 0.3 is 5.69 Å². The third-order valence-electron chi connectivity index (χ3n) is 3.14. The average molecular weight is 351 g/mol. The summed E-state index contributed by atoms with van der Waals surface area (Å²) in [6.07, 6.45) is 1.82. The molecule has 0 aliphatic heterocycles. The van der Waals surface area contributed by atoms with E-state index in [0.717, 1.165) is 18.5 Å². The molecule has 2 heterocycles. The molecule has 2 rings (SSSR count). The smallest absolute Gasteiger partial charge is 0.297 e. The van der Waals surface area contributed by atoms with E-state index in [-0.39, 0.29) is 17.2 Å². The average Bonchev–Trinajstić information content (AvgIpc) is 3.10. The Bertz CT molecular complexity index is 771. The molecular formula is C14H17N5O2S2. The number of aromatic nitrogens is 4. The highest BCUT2D eigenvalue weighted by Crippen LogP contribution is 2.23. The number of nitriles is 1.